The Morgan fingerprint density at radius 3 is 2.24 bits per heavy atom. The highest BCUT2D eigenvalue weighted by atomic mass is 32.2. The summed E-state index contributed by atoms with van der Waals surface area (Å²) >= 11 is 0. The van der Waals surface area contributed by atoms with Crippen molar-refractivity contribution in [2.75, 3.05) is 17.4 Å². The third-order valence-corrected chi connectivity index (χ3v) is 7.74. The molecule has 0 radical (unpaired) electrons. The molecule has 0 unspecified atom stereocenters. The van der Waals surface area contributed by atoms with Crippen molar-refractivity contribution in [1.29, 1.82) is 0 Å². The maximum Gasteiger partial charge on any atom is 0.264 e. The van der Waals surface area contributed by atoms with E-state index in [1.807, 2.05) is 38.1 Å². The van der Waals surface area contributed by atoms with Gasteiger partial charge in [0.05, 0.1) is 10.6 Å². The van der Waals surface area contributed by atoms with Gasteiger partial charge in [0.2, 0.25) is 11.8 Å². The van der Waals surface area contributed by atoms with E-state index in [4.69, 9.17) is 0 Å². The average molecular weight is 526 g/mol. The lowest BCUT2D eigenvalue weighted by Gasteiger charge is -2.32. The van der Waals surface area contributed by atoms with Crippen molar-refractivity contribution >= 4 is 27.5 Å². The standard InChI is InChI=1S/C28H32FN3O4S/c1-5-30-28(34)22(4)31(18-23-10-8-9-21(3)17-23)27(33)19-32(26-12-7-6-11-25(26)29)37(35,36)24-15-13-20(2)14-16-24/h6-17,22H,5,18-19H2,1-4H3,(H,30,34)/t22-/m1/s1. The minimum atomic E-state index is -4.31. The molecule has 2 amide bonds. The van der Waals surface area contributed by atoms with Gasteiger partial charge < -0.3 is 10.2 Å². The molecular weight excluding hydrogens is 493 g/mol. The van der Waals surface area contributed by atoms with E-state index < -0.39 is 34.3 Å². The molecule has 9 heteroatoms. The van der Waals surface area contributed by atoms with Crippen LogP contribution in [0, 0.1) is 19.7 Å². The second-order valence-electron chi connectivity index (χ2n) is 8.86. The normalized spacial score (nSPS) is 12.0. The molecule has 1 N–H and O–H groups in total. The van der Waals surface area contributed by atoms with Gasteiger partial charge in [0, 0.05) is 13.1 Å². The van der Waals surface area contributed by atoms with E-state index in [2.05, 4.69) is 5.32 Å². The fourth-order valence-electron chi connectivity index (χ4n) is 3.92. The van der Waals surface area contributed by atoms with Crippen molar-refractivity contribution in [3.63, 3.8) is 0 Å². The predicted octanol–water partition coefficient (Wildman–Crippen LogP) is 4.19. The fraction of sp³-hybridized carbons (Fsp3) is 0.286. The summed E-state index contributed by atoms with van der Waals surface area (Å²) in [5.41, 5.74) is 2.36. The Hall–Kier alpha value is -3.72. The van der Waals surface area contributed by atoms with Crippen LogP contribution in [0.2, 0.25) is 0 Å². The molecular formula is C28H32FN3O4S. The van der Waals surface area contributed by atoms with Gasteiger partial charge in [0.1, 0.15) is 18.4 Å². The zero-order valence-electron chi connectivity index (χ0n) is 21.4. The van der Waals surface area contributed by atoms with Crippen molar-refractivity contribution in [2.24, 2.45) is 0 Å². The first-order valence-electron chi connectivity index (χ1n) is 12.0. The minimum Gasteiger partial charge on any atom is -0.355 e. The number of aryl methyl sites for hydroxylation is 2. The number of likely N-dealkylation sites (N-methyl/N-ethyl adjacent to an activating group) is 1. The molecule has 0 heterocycles. The number of hydrogen-bond donors (Lipinski definition) is 1. The quantitative estimate of drug-likeness (QED) is 0.430. The zero-order chi connectivity index (χ0) is 27.2. The summed E-state index contributed by atoms with van der Waals surface area (Å²) in [5, 5.41) is 2.71. The highest BCUT2D eigenvalue weighted by Gasteiger charge is 2.33. The van der Waals surface area contributed by atoms with E-state index in [1.165, 1.54) is 35.2 Å². The van der Waals surface area contributed by atoms with Crippen LogP contribution in [0.1, 0.15) is 30.5 Å². The van der Waals surface area contributed by atoms with Crippen LogP contribution in [-0.2, 0) is 26.2 Å². The fourth-order valence-corrected chi connectivity index (χ4v) is 5.34. The molecule has 0 fully saturated rings. The first-order valence-corrected chi connectivity index (χ1v) is 13.4. The summed E-state index contributed by atoms with van der Waals surface area (Å²) in [6, 6.07) is 18.1. The largest absolute Gasteiger partial charge is 0.355 e. The second-order valence-corrected chi connectivity index (χ2v) is 10.7. The van der Waals surface area contributed by atoms with Crippen LogP contribution < -0.4 is 9.62 Å². The molecule has 3 aromatic rings. The van der Waals surface area contributed by atoms with Gasteiger partial charge in [0.15, 0.2) is 0 Å². The summed E-state index contributed by atoms with van der Waals surface area (Å²) in [6.45, 7) is 6.85. The number of para-hydroxylation sites is 1. The maximum atomic E-state index is 14.9. The predicted molar refractivity (Wildman–Crippen MR) is 142 cm³/mol. The van der Waals surface area contributed by atoms with Gasteiger partial charge in [-0.3, -0.25) is 13.9 Å². The topological polar surface area (TPSA) is 86.8 Å². The highest BCUT2D eigenvalue weighted by Crippen LogP contribution is 2.27. The Kier molecular flexibility index (Phi) is 9.04. The molecule has 3 rings (SSSR count). The SMILES string of the molecule is CCNC(=O)[C@@H](C)N(Cc1cccc(C)c1)C(=O)CN(c1ccccc1F)S(=O)(=O)c1ccc(C)cc1. The molecule has 0 aliphatic rings. The van der Waals surface area contributed by atoms with Gasteiger partial charge in [-0.15, -0.1) is 0 Å². The van der Waals surface area contributed by atoms with Gasteiger partial charge in [0.25, 0.3) is 10.0 Å². The number of halogens is 1. The molecule has 0 saturated carbocycles. The molecule has 0 aliphatic heterocycles. The molecule has 0 bridgehead atoms. The van der Waals surface area contributed by atoms with Crippen molar-refractivity contribution in [3.05, 3.63) is 95.3 Å². The van der Waals surface area contributed by atoms with E-state index >= 15 is 0 Å². The summed E-state index contributed by atoms with van der Waals surface area (Å²) in [7, 11) is -4.31. The Labute approximate surface area is 218 Å². The van der Waals surface area contributed by atoms with E-state index in [9.17, 15) is 22.4 Å². The smallest absolute Gasteiger partial charge is 0.264 e. The first-order chi connectivity index (χ1) is 17.5. The lowest BCUT2D eigenvalue weighted by molar-refractivity contribution is -0.139. The third kappa shape index (κ3) is 6.74. The number of amides is 2. The Bertz CT molecular complexity index is 1360. The molecule has 196 valence electrons. The Morgan fingerprint density at radius 1 is 0.946 bits per heavy atom. The molecule has 7 nitrogen and oxygen atoms in total. The molecule has 0 saturated heterocycles. The number of nitrogens with one attached hydrogen (secondary N) is 1. The first kappa shape index (κ1) is 27.9. The van der Waals surface area contributed by atoms with Gasteiger partial charge in [-0.25, -0.2) is 12.8 Å². The number of nitrogens with zero attached hydrogens (tertiary/aromatic N) is 2. The average Bonchev–Trinajstić information content (AvgIpc) is 2.86. The van der Waals surface area contributed by atoms with Crippen LogP contribution in [0.3, 0.4) is 0 Å². The molecule has 0 aromatic heterocycles. The van der Waals surface area contributed by atoms with Crippen LogP contribution in [-0.4, -0.2) is 44.3 Å². The highest BCUT2D eigenvalue weighted by molar-refractivity contribution is 7.92. The number of anilines is 1. The van der Waals surface area contributed by atoms with Crippen molar-refractivity contribution in [2.45, 2.75) is 45.2 Å². The van der Waals surface area contributed by atoms with Crippen LogP contribution in [0.25, 0.3) is 0 Å². The van der Waals surface area contributed by atoms with Gasteiger partial charge in [-0.2, -0.15) is 0 Å². The molecule has 1 atom stereocenters. The van der Waals surface area contributed by atoms with Crippen molar-refractivity contribution in [3.8, 4) is 0 Å². The number of sulfonamides is 1. The van der Waals surface area contributed by atoms with Gasteiger partial charge >= 0.3 is 0 Å². The lowest BCUT2D eigenvalue weighted by Crippen LogP contribution is -2.51. The summed E-state index contributed by atoms with van der Waals surface area (Å²) in [6.07, 6.45) is 0. The maximum absolute atomic E-state index is 14.9. The van der Waals surface area contributed by atoms with E-state index in [0.29, 0.717) is 6.54 Å². The van der Waals surface area contributed by atoms with Crippen molar-refractivity contribution in [1.82, 2.24) is 10.2 Å². The van der Waals surface area contributed by atoms with E-state index in [-0.39, 0.29) is 23.0 Å². The number of rotatable bonds is 10. The molecule has 0 spiro atoms. The van der Waals surface area contributed by atoms with Crippen LogP contribution in [0.5, 0.6) is 0 Å². The monoisotopic (exact) mass is 525 g/mol. The Balaban J connectivity index is 2.04. The Morgan fingerprint density at radius 2 is 1.62 bits per heavy atom. The molecule has 3 aromatic carbocycles. The molecule has 0 aliphatic carbocycles. The van der Waals surface area contributed by atoms with Gasteiger partial charge in [-0.05, 0) is 57.5 Å². The lowest BCUT2D eigenvalue weighted by atomic mass is 10.1. The van der Waals surface area contributed by atoms with Crippen LogP contribution >= 0.6 is 0 Å². The zero-order valence-corrected chi connectivity index (χ0v) is 22.3. The van der Waals surface area contributed by atoms with Crippen LogP contribution in [0.4, 0.5) is 10.1 Å². The molecule has 37 heavy (non-hydrogen) atoms. The number of benzene rings is 3. The summed E-state index contributed by atoms with van der Waals surface area (Å²) < 4.78 is 43.0. The van der Waals surface area contributed by atoms with E-state index in [0.717, 1.165) is 27.1 Å². The van der Waals surface area contributed by atoms with Gasteiger partial charge in [-0.1, -0.05) is 59.7 Å². The third-order valence-electron chi connectivity index (χ3n) is 5.96. The van der Waals surface area contributed by atoms with E-state index in [1.54, 1.807) is 26.0 Å². The number of carbonyl (C=O) groups excluding carboxylic acids is 2. The minimum absolute atomic E-state index is 0.0730. The summed E-state index contributed by atoms with van der Waals surface area (Å²) in [5.74, 6) is -1.80. The number of carbonyl (C=O) groups is 2. The van der Waals surface area contributed by atoms with Crippen molar-refractivity contribution < 1.29 is 22.4 Å². The van der Waals surface area contributed by atoms with Crippen LogP contribution in [0.15, 0.2) is 77.7 Å². The second kappa shape index (κ2) is 12.0. The summed E-state index contributed by atoms with van der Waals surface area (Å²) in [4.78, 5) is 27.7. The number of hydrogen-bond acceptors (Lipinski definition) is 4.